The molecule has 0 radical (unpaired) electrons. The molecule has 6 heteroatoms. The first-order valence-electron chi connectivity index (χ1n) is 7.84. The zero-order chi connectivity index (χ0) is 16.5. The van der Waals surface area contributed by atoms with Gasteiger partial charge in [0.25, 0.3) is 5.91 Å². The fraction of sp³-hybridized carbons (Fsp3) is 0.222. The maximum Gasteiger partial charge on any atom is 0.253 e. The van der Waals surface area contributed by atoms with Crippen LogP contribution in [0.5, 0.6) is 5.75 Å². The molecule has 5 nitrogen and oxygen atoms in total. The van der Waals surface area contributed by atoms with Gasteiger partial charge in [0.1, 0.15) is 24.9 Å². The lowest BCUT2D eigenvalue weighted by atomic mass is 10.1. The van der Waals surface area contributed by atoms with Crippen LogP contribution in [0.15, 0.2) is 42.5 Å². The molecule has 1 amide bonds. The number of carbonyl (C=O) groups excluding carboxylic acids is 1. The number of ether oxygens (including phenoxy) is 1. The molecule has 0 bridgehead atoms. The normalized spacial score (nSPS) is 13.6. The van der Waals surface area contributed by atoms with E-state index in [0.29, 0.717) is 24.4 Å². The molecule has 1 aliphatic heterocycles. The van der Waals surface area contributed by atoms with E-state index in [-0.39, 0.29) is 12.5 Å². The van der Waals surface area contributed by atoms with Gasteiger partial charge in [-0.05, 0) is 36.4 Å². The molecule has 2 heterocycles. The number of hydrogen-bond acceptors (Lipinski definition) is 3. The number of benzene rings is 2. The van der Waals surface area contributed by atoms with Crippen LogP contribution in [0, 0.1) is 0 Å². The van der Waals surface area contributed by atoms with Crippen LogP contribution >= 0.6 is 0 Å². The summed E-state index contributed by atoms with van der Waals surface area (Å²) in [6.07, 6.45) is 0. The van der Waals surface area contributed by atoms with E-state index in [0.717, 1.165) is 22.4 Å². The Morgan fingerprint density at radius 2 is 2.04 bits per heavy atom. The first-order valence-corrected chi connectivity index (χ1v) is 7.84. The van der Waals surface area contributed by atoms with Crippen LogP contribution in [-0.2, 0) is 6.54 Å². The van der Waals surface area contributed by atoms with Crippen LogP contribution in [0.1, 0.15) is 10.4 Å². The molecule has 1 N–H and O–H groups in total. The lowest BCUT2D eigenvalue weighted by Crippen LogP contribution is -2.24. The third-order valence-electron chi connectivity index (χ3n) is 4.09. The van der Waals surface area contributed by atoms with Gasteiger partial charge in [0.2, 0.25) is 0 Å². The Balaban J connectivity index is 1.81. The van der Waals surface area contributed by atoms with E-state index in [4.69, 9.17) is 9.72 Å². The van der Waals surface area contributed by atoms with Crippen molar-refractivity contribution in [2.24, 2.45) is 0 Å². The summed E-state index contributed by atoms with van der Waals surface area (Å²) in [6.45, 7) is 0.759. The minimum atomic E-state index is -0.513. The third-order valence-corrected chi connectivity index (χ3v) is 4.09. The SMILES string of the molecule is O=C1NCCn2c(-c3ccc(OCC[18F])cc3)nc3cccc1c32. The summed E-state index contributed by atoms with van der Waals surface area (Å²) >= 11 is 0. The van der Waals surface area contributed by atoms with Gasteiger partial charge in [0.05, 0.1) is 16.6 Å². The van der Waals surface area contributed by atoms with Gasteiger partial charge in [-0.2, -0.15) is 0 Å². The Bertz CT molecular complexity index is 903. The van der Waals surface area contributed by atoms with Crippen molar-refractivity contribution in [3.8, 4) is 17.1 Å². The van der Waals surface area contributed by atoms with Crippen molar-refractivity contribution in [1.29, 1.82) is 0 Å². The quantitative estimate of drug-likeness (QED) is 0.803. The maximum atomic E-state index is 12.2. The fourth-order valence-corrected chi connectivity index (χ4v) is 3.04. The minimum Gasteiger partial charge on any atom is -0.491 e. The molecule has 4 rings (SSSR count). The maximum absolute atomic E-state index is 12.2. The van der Waals surface area contributed by atoms with Crippen molar-refractivity contribution in [2.45, 2.75) is 6.54 Å². The molecular weight excluding hydrogens is 308 g/mol. The Kier molecular flexibility index (Phi) is 3.65. The lowest BCUT2D eigenvalue weighted by Gasteiger charge is -2.08. The smallest absolute Gasteiger partial charge is 0.253 e. The number of nitrogens with one attached hydrogen (secondary N) is 1. The number of halogens is 1. The van der Waals surface area contributed by atoms with Crippen LogP contribution in [0.3, 0.4) is 0 Å². The molecule has 1 aromatic heterocycles. The van der Waals surface area contributed by atoms with Crippen molar-refractivity contribution in [2.75, 3.05) is 19.8 Å². The fourth-order valence-electron chi connectivity index (χ4n) is 3.04. The second kappa shape index (κ2) is 5.96. The molecule has 2 aromatic carbocycles. The molecule has 0 spiro atoms. The van der Waals surface area contributed by atoms with E-state index in [1.165, 1.54) is 0 Å². The zero-order valence-electron chi connectivity index (χ0n) is 13.0. The summed E-state index contributed by atoms with van der Waals surface area (Å²) < 4.78 is 19.5. The van der Waals surface area contributed by atoms with Gasteiger partial charge in [-0.3, -0.25) is 4.79 Å². The number of carbonyl (C=O) groups is 1. The van der Waals surface area contributed by atoms with E-state index in [1.807, 2.05) is 30.3 Å². The summed E-state index contributed by atoms with van der Waals surface area (Å²) in [5.74, 6) is 1.37. The third kappa shape index (κ3) is 2.40. The molecule has 0 fully saturated rings. The van der Waals surface area contributed by atoms with E-state index in [9.17, 15) is 9.18 Å². The molecule has 0 saturated carbocycles. The standard InChI is InChI=1S/C18H16FN3O2/c19-8-11-24-13-6-4-12(5-7-13)17-21-15-3-1-2-14-16(15)22(17)10-9-20-18(14)23/h1-7H,8-11H2,(H,20,23)/i19-1. The number of imidazole rings is 1. The van der Waals surface area contributed by atoms with Crippen molar-refractivity contribution >= 4 is 16.9 Å². The van der Waals surface area contributed by atoms with Gasteiger partial charge in [-0.1, -0.05) is 6.07 Å². The summed E-state index contributed by atoms with van der Waals surface area (Å²) in [5.41, 5.74) is 3.24. The van der Waals surface area contributed by atoms with Crippen molar-refractivity contribution < 1.29 is 13.9 Å². The second-order valence-corrected chi connectivity index (χ2v) is 5.58. The van der Waals surface area contributed by atoms with Gasteiger partial charge in [0.15, 0.2) is 0 Å². The molecule has 0 aliphatic carbocycles. The van der Waals surface area contributed by atoms with Crippen LogP contribution in [-0.4, -0.2) is 35.3 Å². The van der Waals surface area contributed by atoms with Crippen LogP contribution in [0.25, 0.3) is 22.4 Å². The van der Waals surface area contributed by atoms with E-state index >= 15 is 0 Å². The topological polar surface area (TPSA) is 56.2 Å². The van der Waals surface area contributed by atoms with Crippen molar-refractivity contribution in [3.05, 3.63) is 48.0 Å². The number of para-hydroxylation sites is 1. The molecular formula is C18H16FN3O2. The predicted molar refractivity (Wildman–Crippen MR) is 89.0 cm³/mol. The van der Waals surface area contributed by atoms with E-state index < -0.39 is 6.67 Å². The van der Waals surface area contributed by atoms with Gasteiger partial charge < -0.3 is 14.6 Å². The summed E-state index contributed by atoms with van der Waals surface area (Å²) in [6, 6.07) is 13.0. The summed E-state index contributed by atoms with van der Waals surface area (Å²) in [4.78, 5) is 16.9. The Hall–Kier alpha value is -2.89. The number of rotatable bonds is 4. The van der Waals surface area contributed by atoms with Gasteiger partial charge in [-0.25, -0.2) is 9.37 Å². The number of alkyl halides is 1. The highest BCUT2D eigenvalue weighted by Gasteiger charge is 2.21. The predicted octanol–water partition coefficient (Wildman–Crippen LogP) is 2.80. The van der Waals surface area contributed by atoms with Gasteiger partial charge >= 0.3 is 0 Å². The highest BCUT2D eigenvalue weighted by atomic mass is 18.2. The largest absolute Gasteiger partial charge is 0.491 e. The molecule has 3 aromatic rings. The Morgan fingerprint density at radius 3 is 2.83 bits per heavy atom. The summed E-state index contributed by atoms with van der Waals surface area (Å²) in [7, 11) is 0. The molecule has 0 saturated heterocycles. The molecule has 24 heavy (non-hydrogen) atoms. The highest BCUT2D eigenvalue weighted by Crippen LogP contribution is 2.29. The number of amides is 1. The van der Waals surface area contributed by atoms with Gasteiger partial charge in [0, 0.05) is 18.7 Å². The Morgan fingerprint density at radius 1 is 1.21 bits per heavy atom. The van der Waals surface area contributed by atoms with E-state index in [2.05, 4.69) is 9.88 Å². The van der Waals surface area contributed by atoms with Crippen molar-refractivity contribution in [3.63, 3.8) is 0 Å². The van der Waals surface area contributed by atoms with E-state index in [1.54, 1.807) is 12.1 Å². The first kappa shape index (κ1) is 14.7. The zero-order valence-corrected chi connectivity index (χ0v) is 13.0. The van der Waals surface area contributed by atoms with Crippen LogP contribution in [0.4, 0.5) is 4.39 Å². The van der Waals surface area contributed by atoms with Crippen molar-refractivity contribution in [1.82, 2.24) is 14.9 Å². The van der Waals surface area contributed by atoms with Crippen LogP contribution in [0.2, 0.25) is 0 Å². The first-order chi connectivity index (χ1) is 11.8. The highest BCUT2D eigenvalue weighted by molar-refractivity contribution is 6.06. The van der Waals surface area contributed by atoms with Gasteiger partial charge in [-0.15, -0.1) is 0 Å². The average Bonchev–Trinajstić information content (AvgIpc) is 2.90. The Labute approximate surface area is 138 Å². The number of aromatic nitrogens is 2. The molecule has 1 aliphatic rings. The molecule has 0 unspecified atom stereocenters. The minimum absolute atomic E-state index is 0.0506. The summed E-state index contributed by atoms with van der Waals surface area (Å²) in [5, 5.41) is 2.91. The second-order valence-electron chi connectivity index (χ2n) is 5.58. The van der Waals surface area contributed by atoms with Crippen LogP contribution < -0.4 is 10.1 Å². The number of nitrogens with zero attached hydrogens (tertiary/aromatic N) is 2. The average molecular weight is 324 g/mol. The molecule has 0 atom stereocenters. The number of hydrogen-bond donors (Lipinski definition) is 1. The monoisotopic (exact) mass is 324 g/mol. The molecule has 122 valence electrons. The lowest BCUT2D eigenvalue weighted by molar-refractivity contribution is 0.0956.